The van der Waals surface area contributed by atoms with Crippen molar-refractivity contribution >= 4 is 102 Å². The molecule has 6 N–H and O–H groups in total. The molecule has 8 bridgehead atoms. The molecule has 25 heteroatoms. The smallest absolute Gasteiger partial charge is 0.324 e. The first-order chi connectivity index (χ1) is 26.2. The minimum Gasteiger partial charge on any atom is -0.324 e. The number of rotatable bonds is 4. The molecule has 7 aromatic rings. The molecule has 0 spiro atoms. The van der Waals surface area contributed by atoms with Gasteiger partial charge in [-0.3, -0.25) is 18.2 Å². The van der Waals surface area contributed by atoms with E-state index in [1.807, 2.05) is 0 Å². The summed E-state index contributed by atoms with van der Waals surface area (Å²) < 4.78 is 137. The van der Waals surface area contributed by atoms with Crippen LogP contribution in [0.4, 0.5) is 0 Å². The molecule has 2 aliphatic rings. The number of fused-ring (bicyclic) bond motifs is 20. The second-order valence-corrected chi connectivity index (χ2v) is 18.0. The SMILES string of the molecule is O=S(=O)(O)c1ccc2c(c1)-c1nc-2nc2[nH]c(nc3nc(nc4[nH]c(n1)c1ccc(S(=O)(=O)O)cc41)-c1ccc(S(=O)(=O)O)cc1-3)c1ccc(S(=O)(=O)O)cc21.[Al+3]. The molecular weight excluding hydrogens is 844 g/mol. The molecule has 282 valence electrons. The summed E-state index contributed by atoms with van der Waals surface area (Å²) in [5.74, 6) is -0.486. The molecule has 2 aliphatic heterocycles. The van der Waals surface area contributed by atoms with Gasteiger partial charge < -0.3 is 9.97 Å². The maximum Gasteiger partial charge on any atom is 3.00 e. The number of hydrogen-bond donors (Lipinski definition) is 6. The maximum atomic E-state index is 12.2. The zero-order valence-corrected chi connectivity index (χ0v) is 32.3. The molecule has 0 amide bonds. The third kappa shape index (κ3) is 6.54. The van der Waals surface area contributed by atoms with Gasteiger partial charge >= 0.3 is 17.4 Å². The van der Waals surface area contributed by atoms with E-state index in [0.29, 0.717) is 0 Å². The predicted octanol–water partition coefficient (Wildman–Crippen LogP) is 3.48. The summed E-state index contributed by atoms with van der Waals surface area (Å²) in [5.41, 5.74) is 0.408. The van der Waals surface area contributed by atoms with Gasteiger partial charge in [0.2, 0.25) is 0 Å². The van der Waals surface area contributed by atoms with E-state index in [1.165, 1.54) is 24.3 Å². The Labute approximate surface area is 329 Å². The summed E-state index contributed by atoms with van der Waals surface area (Å²) in [5, 5.41) is 0.655. The van der Waals surface area contributed by atoms with Crippen molar-refractivity contribution in [3.63, 3.8) is 0 Å². The van der Waals surface area contributed by atoms with Crippen molar-refractivity contribution in [2.75, 3.05) is 0 Å². The van der Waals surface area contributed by atoms with Crippen LogP contribution in [0.2, 0.25) is 0 Å². The second kappa shape index (κ2) is 12.7. The third-order valence-electron chi connectivity index (χ3n) is 8.91. The van der Waals surface area contributed by atoms with Crippen LogP contribution in [0.25, 0.3) is 89.7 Å². The van der Waals surface area contributed by atoms with E-state index >= 15 is 0 Å². The van der Waals surface area contributed by atoms with E-state index in [2.05, 4.69) is 39.9 Å². The Balaban J connectivity index is 0.00000455. The van der Waals surface area contributed by atoms with Crippen LogP contribution in [0.15, 0.2) is 92.4 Å². The first-order valence-corrected chi connectivity index (χ1v) is 21.3. The van der Waals surface area contributed by atoms with Crippen molar-refractivity contribution in [2.45, 2.75) is 19.6 Å². The second-order valence-electron chi connectivity index (χ2n) is 12.3. The molecule has 3 aromatic heterocycles. The summed E-state index contributed by atoms with van der Waals surface area (Å²) in [7, 11) is -18.9. The molecule has 0 saturated heterocycles. The Morgan fingerprint density at radius 1 is 0.351 bits per heavy atom. The van der Waals surface area contributed by atoms with Crippen molar-refractivity contribution in [3.8, 4) is 45.6 Å². The van der Waals surface area contributed by atoms with Gasteiger partial charge in [-0.1, -0.05) is 0 Å². The van der Waals surface area contributed by atoms with Crippen LogP contribution in [0.5, 0.6) is 0 Å². The fourth-order valence-electron chi connectivity index (χ4n) is 6.35. The molecule has 5 heterocycles. The molecule has 4 aromatic carbocycles. The van der Waals surface area contributed by atoms with Gasteiger partial charge in [-0.15, -0.1) is 0 Å². The molecule has 0 atom stereocenters. The van der Waals surface area contributed by atoms with Crippen LogP contribution >= 0.6 is 0 Å². The van der Waals surface area contributed by atoms with Gasteiger partial charge in [-0.25, -0.2) is 29.9 Å². The van der Waals surface area contributed by atoms with Gasteiger partial charge in [-0.05, 0) is 72.8 Å². The first-order valence-electron chi connectivity index (χ1n) is 15.5. The Morgan fingerprint density at radius 3 is 0.965 bits per heavy atom. The molecular formula is C32H18AlN8O12S4+3. The van der Waals surface area contributed by atoms with E-state index in [-0.39, 0.29) is 107 Å². The molecule has 20 nitrogen and oxygen atoms in total. The Kier molecular flexibility index (Phi) is 8.54. The average Bonchev–Trinajstić information content (AvgIpc) is 3.84. The maximum absolute atomic E-state index is 12.2. The van der Waals surface area contributed by atoms with Crippen molar-refractivity contribution in [1.29, 1.82) is 0 Å². The van der Waals surface area contributed by atoms with E-state index in [9.17, 15) is 51.9 Å². The van der Waals surface area contributed by atoms with E-state index in [4.69, 9.17) is 0 Å². The molecule has 0 fully saturated rings. The van der Waals surface area contributed by atoms with Gasteiger partial charge in [-0.2, -0.15) is 33.7 Å². The van der Waals surface area contributed by atoms with E-state index in [0.717, 1.165) is 48.5 Å². The van der Waals surface area contributed by atoms with Crippen molar-refractivity contribution in [3.05, 3.63) is 72.8 Å². The van der Waals surface area contributed by atoms with Gasteiger partial charge in [0.15, 0.2) is 23.3 Å². The zero-order chi connectivity index (χ0) is 39.7. The third-order valence-corrected chi connectivity index (χ3v) is 12.3. The fourth-order valence-corrected chi connectivity index (χ4v) is 8.38. The summed E-state index contributed by atoms with van der Waals surface area (Å²) in [4.78, 5) is 31.4. The predicted molar refractivity (Wildman–Crippen MR) is 201 cm³/mol. The summed E-state index contributed by atoms with van der Waals surface area (Å²) in [6.45, 7) is 0. The minimum absolute atomic E-state index is 0. The molecule has 0 saturated carbocycles. The molecule has 0 radical (unpaired) electrons. The van der Waals surface area contributed by atoms with Crippen LogP contribution in [0.1, 0.15) is 0 Å². The number of benzene rings is 4. The Hall–Kier alpha value is -5.59. The van der Waals surface area contributed by atoms with Crippen molar-refractivity contribution in [1.82, 2.24) is 39.9 Å². The van der Waals surface area contributed by atoms with Crippen LogP contribution in [-0.4, -0.2) is 109 Å². The molecule has 0 unspecified atom stereocenters. The van der Waals surface area contributed by atoms with Crippen molar-refractivity contribution in [2.24, 2.45) is 0 Å². The fraction of sp³-hybridized carbons (Fsp3) is 0. The number of H-pyrrole nitrogens is 2. The van der Waals surface area contributed by atoms with E-state index < -0.39 is 60.1 Å². The van der Waals surface area contributed by atoms with Crippen LogP contribution < -0.4 is 0 Å². The molecule has 57 heavy (non-hydrogen) atoms. The zero-order valence-electron chi connectivity index (χ0n) is 27.9. The topological polar surface area (TPSA) is 326 Å². The van der Waals surface area contributed by atoms with Crippen LogP contribution in [0.3, 0.4) is 0 Å². The normalized spacial score (nSPS) is 13.0. The molecule has 9 rings (SSSR count). The van der Waals surface area contributed by atoms with Gasteiger partial charge in [0.05, 0.1) is 19.6 Å². The number of aromatic amines is 2. The Bertz CT molecular complexity index is 3380. The van der Waals surface area contributed by atoms with Gasteiger partial charge in [0.1, 0.15) is 22.6 Å². The van der Waals surface area contributed by atoms with E-state index in [1.54, 1.807) is 0 Å². The number of aromatic nitrogens is 8. The standard InChI is InChI=1S/C32H18N8O12S4.Al/c41-53(42,43)13-1-5-17-21(9-13)29-33-25(17)37-30-22-10-14(54(44,45)46)2-6-18(22)27(34-30)39-32-24-12-16(56(50,51)52)4-8-20(24)28(36-32)40-31-23-11-15(55(47,48)49)3-7-19(23)26(35-31)38-29;/h1-12H,(H,41,42,43)(H,44,45,46)(H,47,48,49)(H,50,51,52)(H2,33,34,35,36,37,38,39,40);/q;+3. The first kappa shape index (κ1) is 38.3. The summed E-state index contributed by atoms with van der Waals surface area (Å²) in [6, 6.07) is 14.0. The number of hydrogen-bond acceptors (Lipinski definition) is 14. The number of nitrogens with zero attached hydrogens (tertiary/aromatic N) is 6. The largest absolute Gasteiger partial charge is 3.00 e. The van der Waals surface area contributed by atoms with Crippen LogP contribution in [0, 0.1) is 0 Å². The average molecular weight is 862 g/mol. The summed E-state index contributed by atoms with van der Waals surface area (Å²) >= 11 is 0. The minimum atomic E-state index is -4.74. The van der Waals surface area contributed by atoms with Crippen molar-refractivity contribution < 1.29 is 51.9 Å². The summed E-state index contributed by atoms with van der Waals surface area (Å²) in [6.07, 6.45) is 0. The monoisotopic (exact) mass is 861 g/mol. The molecule has 0 aliphatic carbocycles. The Morgan fingerprint density at radius 2 is 0.632 bits per heavy atom. The van der Waals surface area contributed by atoms with Gasteiger partial charge in [0.25, 0.3) is 40.5 Å². The quantitative estimate of drug-likeness (QED) is 0.109. The number of nitrogens with one attached hydrogen (secondary N) is 2. The van der Waals surface area contributed by atoms with Gasteiger partial charge in [0, 0.05) is 43.8 Å². The van der Waals surface area contributed by atoms with Crippen LogP contribution in [-0.2, 0) is 40.5 Å².